The first kappa shape index (κ1) is 15.8. The largest absolute Gasteiger partial charge is 0.376 e. The van der Waals surface area contributed by atoms with E-state index in [0.29, 0.717) is 0 Å². The van der Waals surface area contributed by atoms with Crippen molar-refractivity contribution in [3.63, 3.8) is 0 Å². The molecule has 0 spiro atoms. The Kier molecular flexibility index (Phi) is 6.30. The molecule has 4 nitrogen and oxygen atoms in total. The Morgan fingerprint density at radius 2 is 2.00 bits per heavy atom. The minimum atomic E-state index is 0.0439. The van der Waals surface area contributed by atoms with Crippen LogP contribution in [0.4, 0.5) is 0 Å². The zero-order valence-corrected chi connectivity index (χ0v) is 12.9. The van der Waals surface area contributed by atoms with E-state index in [4.69, 9.17) is 10.5 Å². The lowest BCUT2D eigenvalue weighted by Gasteiger charge is -2.36. The molecule has 0 radical (unpaired) electrons. The molecule has 3 atom stereocenters. The maximum Gasteiger partial charge on any atom is 0.227 e. The van der Waals surface area contributed by atoms with Crippen molar-refractivity contribution in [1.29, 1.82) is 0 Å². The van der Waals surface area contributed by atoms with Gasteiger partial charge in [0.15, 0.2) is 0 Å². The van der Waals surface area contributed by atoms with Gasteiger partial charge in [0.2, 0.25) is 5.91 Å². The van der Waals surface area contributed by atoms with Gasteiger partial charge in [-0.3, -0.25) is 4.79 Å². The van der Waals surface area contributed by atoms with Crippen LogP contribution in [-0.4, -0.2) is 42.6 Å². The third-order valence-electron chi connectivity index (χ3n) is 4.63. The van der Waals surface area contributed by atoms with Crippen LogP contribution in [0.1, 0.15) is 58.3 Å². The molecule has 0 aromatic carbocycles. The zero-order valence-electron chi connectivity index (χ0n) is 12.9. The molecule has 3 unspecified atom stereocenters. The Morgan fingerprint density at radius 1 is 1.20 bits per heavy atom. The number of hydrogen-bond acceptors (Lipinski definition) is 3. The van der Waals surface area contributed by atoms with Gasteiger partial charge in [0.05, 0.1) is 12.0 Å². The maximum absolute atomic E-state index is 12.7. The summed E-state index contributed by atoms with van der Waals surface area (Å²) < 4.78 is 5.83. The summed E-state index contributed by atoms with van der Waals surface area (Å²) in [5.74, 6) is 0.326. The fraction of sp³-hybridized carbons (Fsp3) is 0.938. The quantitative estimate of drug-likeness (QED) is 0.805. The Hall–Kier alpha value is -0.610. The molecule has 116 valence electrons. The number of hydrogen-bond donors (Lipinski definition) is 1. The molecule has 2 aliphatic rings. The van der Waals surface area contributed by atoms with Crippen LogP contribution in [0, 0.1) is 5.92 Å². The summed E-state index contributed by atoms with van der Waals surface area (Å²) in [6.45, 7) is 4.57. The summed E-state index contributed by atoms with van der Waals surface area (Å²) in [5, 5.41) is 0. The highest BCUT2D eigenvalue weighted by Gasteiger charge is 2.33. The highest BCUT2D eigenvalue weighted by atomic mass is 16.5. The average molecular weight is 282 g/mol. The third-order valence-corrected chi connectivity index (χ3v) is 4.63. The van der Waals surface area contributed by atoms with E-state index in [1.807, 2.05) is 4.90 Å². The molecule has 1 aliphatic carbocycles. The van der Waals surface area contributed by atoms with Crippen LogP contribution in [0.3, 0.4) is 0 Å². The lowest BCUT2D eigenvalue weighted by Crippen LogP contribution is -2.49. The maximum atomic E-state index is 12.7. The Labute approximate surface area is 123 Å². The fourth-order valence-electron chi connectivity index (χ4n) is 3.44. The summed E-state index contributed by atoms with van der Waals surface area (Å²) >= 11 is 0. The van der Waals surface area contributed by atoms with E-state index in [0.717, 1.165) is 58.2 Å². The molecule has 2 fully saturated rings. The number of ether oxygens (including phenoxy) is 1. The van der Waals surface area contributed by atoms with Crippen molar-refractivity contribution < 1.29 is 9.53 Å². The summed E-state index contributed by atoms with van der Waals surface area (Å²) in [6, 6.07) is 0.0573. The molecule has 4 heteroatoms. The molecule has 1 aliphatic heterocycles. The van der Waals surface area contributed by atoms with E-state index in [9.17, 15) is 4.79 Å². The highest BCUT2D eigenvalue weighted by molar-refractivity contribution is 5.79. The van der Waals surface area contributed by atoms with Crippen LogP contribution in [0.2, 0.25) is 0 Å². The molecule has 1 saturated carbocycles. The van der Waals surface area contributed by atoms with Crippen molar-refractivity contribution in [3.8, 4) is 0 Å². The SMILES string of the molecule is CCCOC1CCCN(C(=O)C2CCCCCC2N)C1. The van der Waals surface area contributed by atoms with Gasteiger partial charge in [-0.05, 0) is 32.1 Å². The van der Waals surface area contributed by atoms with Gasteiger partial charge in [-0.2, -0.15) is 0 Å². The van der Waals surface area contributed by atoms with Crippen LogP contribution in [-0.2, 0) is 9.53 Å². The molecule has 1 heterocycles. The number of nitrogens with two attached hydrogens (primary N) is 1. The number of carbonyl (C=O) groups is 1. The lowest BCUT2D eigenvalue weighted by molar-refractivity contribution is -0.140. The summed E-state index contributed by atoms with van der Waals surface area (Å²) in [7, 11) is 0. The van der Waals surface area contributed by atoms with E-state index in [1.165, 1.54) is 12.8 Å². The van der Waals surface area contributed by atoms with Gasteiger partial charge in [-0.15, -0.1) is 0 Å². The van der Waals surface area contributed by atoms with Gasteiger partial charge in [-0.25, -0.2) is 0 Å². The molecule has 0 aromatic heterocycles. The molecule has 0 aromatic rings. The highest BCUT2D eigenvalue weighted by Crippen LogP contribution is 2.25. The molecule has 1 saturated heterocycles. The third kappa shape index (κ3) is 4.19. The second kappa shape index (κ2) is 7.99. The van der Waals surface area contributed by atoms with Crippen LogP contribution < -0.4 is 5.73 Å². The number of piperidine rings is 1. The predicted octanol–water partition coefficient (Wildman–Crippen LogP) is 2.31. The average Bonchev–Trinajstić information content (AvgIpc) is 2.69. The molecule has 20 heavy (non-hydrogen) atoms. The van der Waals surface area contributed by atoms with Crippen LogP contribution in [0.15, 0.2) is 0 Å². The van der Waals surface area contributed by atoms with Crippen molar-refractivity contribution in [3.05, 3.63) is 0 Å². The number of likely N-dealkylation sites (tertiary alicyclic amines) is 1. The van der Waals surface area contributed by atoms with Crippen LogP contribution in [0.5, 0.6) is 0 Å². The standard InChI is InChI=1S/C16H30N2O2/c1-2-11-20-13-7-6-10-18(12-13)16(19)14-8-4-3-5-9-15(14)17/h13-15H,2-12,17H2,1H3. The monoisotopic (exact) mass is 282 g/mol. The van der Waals surface area contributed by atoms with Crippen molar-refractivity contribution >= 4 is 5.91 Å². The normalized spacial score (nSPS) is 31.9. The van der Waals surface area contributed by atoms with Gasteiger partial charge in [0, 0.05) is 25.7 Å². The molecule has 1 amide bonds. The fourth-order valence-corrected chi connectivity index (χ4v) is 3.44. The second-order valence-corrected chi connectivity index (χ2v) is 6.33. The number of carbonyl (C=O) groups excluding carboxylic acids is 1. The van der Waals surface area contributed by atoms with Gasteiger partial charge in [0.1, 0.15) is 0 Å². The molecular weight excluding hydrogens is 252 g/mol. The van der Waals surface area contributed by atoms with Crippen LogP contribution >= 0.6 is 0 Å². The van der Waals surface area contributed by atoms with Gasteiger partial charge in [-0.1, -0.05) is 26.2 Å². The van der Waals surface area contributed by atoms with Crippen molar-refractivity contribution in [2.24, 2.45) is 11.7 Å². The number of nitrogens with zero attached hydrogens (tertiary/aromatic N) is 1. The number of amides is 1. The van der Waals surface area contributed by atoms with Gasteiger partial charge < -0.3 is 15.4 Å². The minimum Gasteiger partial charge on any atom is -0.376 e. The summed E-state index contributed by atoms with van der Waals surface area (Å²) in [6.07, 6.45) is 8.92. The summed E-state index contributed by atoms with van der Waals surface area (Å²) in [5.41, 5.74) is 6.22. The van der Waals surface area contributed by atoms with E-state index < -0.39 is 0 Å². The van der Waals surface area contributed by atoms with Crippen molar-refractivity contribution in [1.82, 2.24) is 4.90 Å². The van der Waals surface area contributed by atoms with E-state index in [1.54, 1.807) is 0 Å². The molecular formula is C16H30N2O2. The Bertz CT molecular complexity index is 309. The van der Waals surface area contributed by atoms with E-state index in [2.05, 4.69) is 6.92 Å². The van der Waals surface area contributed by atoms with E-state index >= 15 is 0 Å². The van der Waals surface area contributed by atoms with Crippen LogP contribution in [0.25, 0.3) is 0 Å². The van der Waals surface area contributed by atoms with Crippen molar-refractivity contribution in [2.45, 2.75) is 70.4 Å². The molecule has 2 N–H and O–H groups in total. The predicted molar refractivity (Wildman–Crippen MR) is 80.4 cm³/mol. The molecule has 2 rings (SSSR count). The first-order chi connectivity index (χ1) is 9.72. The summed E-state index contributed by atoms with van der Waals surface area (Å²) in [4.78, 5) is 14.7. The first-order valence-corrected chi connectivity index (χ1v) is 8.38. The van der Waals surface area contributed by atoms with Gasteiger partial charge >= 0.3 is 0 Å². The topological polar surface area (TPSA) is 55.6 Å². The Morgan fingerprint density at radius 3 is 2.80 bits per heavy atom. The lowest BCUT2D eigenvalue weighted by atomic mass is 9.93. The van der Waals surface area contributed by atoms with Gasteiger partial charge in [0.25, 0.3) is 0 Å². The Balaban J connectivity index is 1.89. The zero-order chi connectivity index (χ0) is 14.4. The second-order valence-electron chi connectivity index (χ2n) is 6.33. The molecule has 0 bridgehead atoms. The smallest absolute Gasteiger partial charge is 0.227 e. The van der Waals surface area contributed by atoms with E-state index in [-0.39, 0.29) is 24.0 Å². The van der Waals surface area contributed by atoms with Crippen molar-refractivity contribution in [2.75, 3.05) is 19.7 Å². The number of rotatable bonds is 4. The first-order valence-electron chi connectivity index (χ1n) is 8.38. The minimum absolute atomic E-state index is 0.0439.